The number of ether oxygens (including phenoxy) is 2. The molecule has 0 radical (unpaired) electrons. The van der Waals surface area contributed by atoms with Crippen molar-refractivity contribution in [2.45, 2.75) is 40.3 Å². The Balaban J connectivity index is 2.00. The van der Waals surface area contributed by atoms with Gasteiger partial charge in [0.05, 0.1) is 18.9 Å². The molecule has 0 spiro atoms. The van der Waals surface area contributed by atoms with E-state index in [2.05, 4.69) is 10.4 Å². The SMILES string of the molecule is CCOc1ccc(CNC(=O)C(C)n2ccc(C)n2)cc1OCC. The predicted molar refractivity (Wildman–Crippen MR) is 92.3 cm³/mol. The third-order valence-electron chi connectivity index (χ3n) is 3.59. The van der Waals surface area contributed by atoms with Gasteiger partial charge >= 0.3 is 0 Å². The van der Waals surface area contributed by atoms with Crippen LogP contribution in [0, 0.1) is 6.92 Å². The van der Waals surface area contributed by atoms with Gasteiger partial charge < -0.3 is 14.8 Å². The Morgan fingerprint density at radius 2 is 1.92 bits per heavy atom. The first kappa shape index (κ1) is 17.8. The zero-order valence-corrected chi connectivity index (χ0v) is 14.7. The van der Waals surface area contributed by atoms with E-state index in [9.17, 15) is 4.79 Å². The molecular weight excluding hydrogens is 306 g/mol. The molecule has 2 aromatic rings. The van der Waals surface area contributed by atoms with E-state index in [-0.39, 0.29) is 11.9 Å². The van der Waals surface area contributed by atoms with Crippen molar-refractivity contribution in [2.24, 2.45) is 0 Å². The second-order valence-electron chi connectivity index (χ2n) is 5.48. The first-order valence-electron chi connectivity index (χ1n) is 8.23. The summed E-state index contributed by atoms with van der Waals surface area (Å²) in [6, 6.07) is 7.22. The number of hydrogen-bond donors (Lipinski definition) is 1. The minimum atomic E-state index is -0.354. The minimum absolute atomic E-state index is 0.0788. The third-order valence-corrected chi connectivity index (χ3v) is 3.59. The number of carbonyl (C=O) groups excluding carboxylic acids is 1. The van der Waals surface area contributed by atoms with Gasteiger partial charge in [-0.15, -0.1) is 0 Å². The lowest BCUT2D eigenvalue weighted by Gasteiger charge is -2.15. The summed E-state index contributed by atoms with van der Waals surface area (Å²) in [6.45, 7) is 9.15. The van der Waals surface area contributed by atoms with Crippen LogP contribution in [-0.2, 0) is 11.3 Å². The van der Waals surface area contributed by atoms with Gasteiger partial charge in [-0.3, -0.25) is 9.48 Å². The molecule has 0 aliphatic heterocycles. The van der Waals surface area contributed by atoms with Crippen LogP contribution in [-0.4, -0.2) is 28.9 Å². The lowest BCUT2D eigenvalue weighted by atomic mass is 10.2. The molecule has 1 amide bonds. The van der Waals surface area contributed by atoms with Gasteiger partial charge in [0.2, 0.25) is 5.91 Å². The number of nitrogens with one attached hydrogen (secondary N) is 1. The average molecular weight is 331 g/mol. The fraction of sp³-hybridized carbons (Fsp3) is 0.444. The van der Waals surface area contributed by atoms with E-state index in [1.807, 2.05) is 58.2 Å². The molecular formula is C18H25N3O3. The summed E-state index contributed by atoms with van der Waals surface area (Å²) < 4.78 is 12.8. The minimum Gasteiger partial charge on any atom is -0.490 e. The van der Waals surface area contributed by atoms with Gasteiger partial charge in [0.1, 0.15) is 6.04 Å². The molecule has 0 aliphatic carbocycles. The molecule has 1 aromatic heterocycles. The Labute approximate surface area is 142 Å². The molecule has 6 nitrogen and oxygen atoms in total. The van der Waals surface area contributed by atoms with Gasteiger partial charge in [-0.1, -0.05) is 6.07 Å². The summed E-state index contributed by atoms with van der Waals surface area (Å²) in [4.78, 5) is 12.3. The van der Waals surface area contributed by atoms with E-state index in [1.54, 1.807) is 4.68 Å². The highest BCUT2D eigenvalue weighted by Crippen LogP contribution is 2.28. The van der Waals surface area contributed by atoms with E-state index >= 15 is 0 Å². The molecule has 1 unspecified atom stereocenters. The topological polar surface area (TPSA) is 65.4 Å². The standard InChI is InChI=1S/C18H25N3O3/c1-5-23-16-8-7-15(11-17(16)24-6-2)12-19-18(22)14(4)21-10-9-13(3)20-21/h7-11,14H,5-6,12H2,1-4H3,(H,19,22). The Hall–Kier alpha value is -2.50. The van der Waals surface area contributed by atoms with Crippen LogP contribution >= 0.6 is 0 Å². The molecule has 0 saturated heterocycles. The number of rotatable bonds is 8. The highest BCUT2D eigenvalue weighted by molar-refractivity contribution is 5.79. The summed E-state index contributed by atoms with van der Waals surface area (Å²) in [5, 5.41) is 7.21. The second kappa shape index (κ2) is 8.38. The van der Waals surface area contributed by atoms with E-state index < -0.39 is 0 Å². The quantitative estimate of drug-likeness (QED) is 0.808. The molecule has 1 atom stereocenters. The van der Waals surface area contributed by atoms with Crippen molar-refractivity contribution in [3.8, 4) is 11.5 Å². The molecule has 2 rings (SSSR count). The van der Waals surface area contributed by atoms with Gasteiger partial charge in [0.25, 0.3) is 0 Å². The highest BCUT2D eigenvalue weighted by Gasteiger charge is 2.15. The van der Waals surface area contributed by atoms with E-state index in [4.69, 9.17) is 9.47 Å². The van der Waals surface area contributed by atoms with Crippen LogP contribution in [0.15, 0.2) is 30.5 Å². The number of nitrogens with zero attached hydrogens (tertiary/aromatic N) is 2. The number of amides is 1. The number of hydrogen-bond acceptors (Lipinski definition) is 4. The number of aromatic nitrogens is 2. The van der Waals surface area contributed by atoms with Crippen LogP contribution in [0.2, 0.25) is 0 Å². The summed E-state index contributed by atoms with van der Waals surface area (Å²) in [5.41, 5.74) is 1.85. The van der Waals surface area contributed by atoms with Crippen molar-refractivity contribution in [2.75, 3.05) is 13.2 Å². The molecule has 1 heterocycles. The summed E-state index contributed by atoms with van der Waals surface area (Å²) in [6.07, 6.45) is 1.81. The fourth-order valence-electron chi connectivity index (χ4n) is 2.31. The van der Waals surface area contributed by atoms with Crippen LogP contribution in [0.1, 0.15) is 38.1 Å². The van der Waals surface area contributed by atoms with Crippen LogP contribution in [0.3, 0.4) is 0 Å². The smallest absolute Gasteiger partial charge is 0.244 e. The molecule has 0 bridgehead atoms. The second-order valence-corrected chi connectivity index (χ2v) is 5.48. The zero-order chi connectivity index (χ0) is 17.5. The van der Waals surface area contributed by atoms with Crippen molar-refractivity contribution in [1.82, 2.24) is 15.1 Å². The largest absolute Gasteiger partial charge is 0.490 e. The van der Waals surface area contributed by atoms with Gasteiger partial charge in [-0.2, -0.15) is 5.10 Å². The third kappa shape index (κ3) is 4.50. The predicted octanol–water partition coefficient (Wildman–Crippen LogP) is 2.87. The first-order valence-corrected chi connectivity index (χ1v) is 8.23. The van der Waals surface area contributed by atoms with Gasteiger partial charge in [0, 0.05) is 12.7 Å². The molecule has 0 saturated carbocycles. The molecule has 0 fully saturated rings. The van der Waals surface area contributed by atoms with Crippen molar-refractivity contribution >= 4 is 5.91 Å². The fourth-order valence-corrected chi connectivity index (χ4v) is 2.31. The Morgan fingerprint density at radius 3 is 2.54 bits per heavy atom. The lowest BCUT2D eigenvalue weighted by molar-refractivity contribution is -0.124. The number of carbonyl (C=O) groups is 1. The van der Waals surface area contributed by atoms with E-state index in [1.165, 1.54) is 0 Å². The van der Waals surface area contributed by atoms with Gasteiger partial charge in [-0.05, 0) is 51.5 Å². The molecule has 1 aromatic carbocycles. The van der Waals surface area contributed by atoms with E-state index in [0.717, 1.165) is 17.0 Å². The lowest BCUT2D eigenvalue weighted by Crippen LogP contribution is -2.30. The Kier molecular flexibility index (Phi) is 6.23. The number of aryl methyl sites for hydroxylation is 1. The molecule has 24 heavy (non-hydrogen) atoms. The van der Waals surface area contributed by atoms with Crippen LogP contribution < -0.4 is 14.8 Å². The maximum absolute atomic E-state index is 12.3. The molecule has 6 heteroatoms. The van der Waals surface area contributed by atoms with Crippen molar-refractivity contribution in [3.63, 3.8) is 0 Å². The van der Waals surface area contributed by atoms with E-state index in [0.29, 0.717) is 25.5 Å². The van der Waals surface area contributed by atoms with Crippen LogP contribution in [0.5, 0.6) is 11.5 Å². The first-order chi connectivity index (χ1) is 11.5. The summed E-state index contributed by atoms with van der Waals surface area (Å²) >= 11 is 0. The van der Waals surface area contributed by atoms with Crippen molar-refractivity contribution in [1.29, 1.82) is 0 Å². The maximum atomic E-state index is 12.3. The monoisotopic (exact) mass is 331 g/mol. The van der Waals surface area contributed by atoms with Crippen LogP contribution in [0.4, 0.5) is 0 Å². The molecule has 1 N–H and O–H groups in total. The molecule has 0 aliphatic rings. The summed E-state index contributed by atoms with van der Waals surface area (Å²) in [7, 11) is 0. The van der Waals surface area contributed by atoms with Crippen molar-refractivity contribution < 1.29 is 14.3 Å². The Morgan fingerprint density at radius 1 is 1.21 bits per heavy atom. The van der Waals surface area contributed by atoms with Gasteiger partial charge in [0.15, 0.2) is 11.5 Å². The highest BCUT2D eigenvalue weighted by atomic mass is 16.5. The Bertz CT molecular complexity index is 682. The normalized spacial score (nSPS) is 11.8. The van der Waals surface area contributed by atoms with Gasteiger partial charge in [-0.25, -0.2) is 0 Å². The van der Waals surface area contributed by atoms with Crippen molar-refractivity contribution in [3.05, 3.63) is 41.7 Å². The summed E-state index contributed by atoms with van der Waals surface area (Å²) in [5.74, 6) is 1.33. The maximum Gasteiger partial charge on any atom is 0.244 e. The van der Waals surface area contributed by atoms with Crippen LogP contribution in [0.25, 0.3) is 0 Å². The average Bonchev–Trinajstić information content (AvgIpc) is 3.01. The molecule has 130 valence electrons. The number of benzene rings is 1. The zero-order valence-electron chi connectivity index (χ0n) is 14.7.